The third kappa shape index (κ3) is 2.83. The van der Waals surface area contributed by atoms with Gasteiger partial charge in [0.05, 0.1) is 0 Å². The van der Waals surface area contributed by atoms with Crippen molar-refractivity contribution in [2.24, 2.45) is 0 Å². The maximum atomic E-state index is 13.5. The smallest absolute Gasteiger partial charge is 0.161 e. The molecule has 2 aliphatic heterocycles. The normalized spacial score (nSPS) is 26.8. The number of hydrogen-bond acceptors (Lipinski definition) is 2. The number of rotatable bonds is 3. The van der Waals surface area contributed by atoms with Gasteiger partial charge < -0.3 is 10.2 Å². The van der Waals surface area contributed by atoms with E-state index >= 15 is 0 Å². The SMILES string of the molecule is Fc1cc(F)c(CNC2CCN3CCCC3C2)cc1F. The molecule has 5 heteroatoms. The Balaban J connectivity index is 1.58. The molecule has 1 aromatic rings. The van der Waals surface area contributed by atoms with Crippen LogP contribution in [-0.2, 0) is 6.54 Å². The largest absolute Gasteiger partial charge is 0.310 e. The van der Waals surface area contributed by atoms with Gasteiger partial charge in [-0.05, 0) is 44.8 Å². The average Bonchev–Trinajstić information content (AvgIpc) is 2.89. The molecule has 2 aliphatic rings. The number of nitrogens with one attached hydrogen (secondary N) is 1. The highest BCUT2D eigenvalue weighted by Gasteiger charge is 2.31. The second kappa shape index (κ2) is 5.74. The zero-order chi connectivity index (χ0) is 14.1. The molecule has 20 heavy (non-hydrogen) atoms. The van der Waals surface area contributed by atoms with Gasteiger partial charge in [0.1, 0.15) is 5.82 Å². The van der Waals surface area contributed by atoms with Crippen molar-refractivity contribution in [3.63, 3.8) is 0 Å². The fourth-order valence-corrected chi connectivity index (χ4v) is 3.36. The summed E-state index contributed by atoms with van der Waals surface area (Å²) in [6.07, 6.45) is 4.58. The number of hydrogen-bond donors (Lipinski definition) is 1. The van der Waals surface area contributed by atoms with Crippen molar-refractivity contribution in [2.75, 3.05) is 13.1 Å². The molecular weight excluding hydrogens is 265 g/mol. The zero-order valence-electron chi connectivity index (χ0n) is 11.3. The lowest BCUT2D eigenvalue weighted by atomic mass is 9.97. The molecule has 3 rings (SSSR count). The summed E-state index contributed by atoms with van der Waals surface area (Å²) in [6.45, 7) is 2.51. The first kappa shape index (κ1) is 13.9. The average molecular weight is 284 g/mol. The van der Waals surface area contributed by atoms with E-state index in [2.05, 4.69) is 10.2 Å². The van der Waals surface area contributed by atoms with Crippen LogP contribution in [0, 0.1) is 17.5 Å². The zero-order valence-corrected chi connectivity index (χ0v) is 11.3. The van der Waals surface area contributed by atoms with Crippen LogP contribution in [0.15, 0.2) is 12.1 Å². The van der Waals surface area contributed by atoms with Crippen LogP contribution in [0.4, 0.5) is 13.2 Å². The van der Waals surface area contributed by atoms with E-state index in [0.717, 1.165) is 25.5 Å². The van der Waals surface area contributed by atoms with Crippen molar-refractivity contribution in [2.45, 2.75) is 44.3 Å². The van der Waals surface area contributed by atoms with Crippen molar-refractivity contribution in [3.05, 3.63) is 35.1 Å². The minimum Gasteiger partial charge on any atom is -0.310 e. The number of piperidine rings is 1. The van der Waals surface area contributed by atoms with Gasteiger partial charge in [0.2, 0.25) is 0 Å². The highest BCUT2D eigenvalue weighted by atomic mass is 19.2. The minimum absolute atomic E-state index is 0.192. The van der Waals surface area contributed by atoms with Crippen LogP contribution in [-0.4, -0.2) is 30.1 Å². The molecule has 110 valence electrons. The summed E-state index contributed by atoms with van der Waals surface area (Å²) in [6, 6.07) is 2.53. The van der Waals surface area contributed by atoms with Crippen LogP contribution in [0.5, 0.6) is 0 Å². The van der Waals surface area contributed by atoms with Gasteiger partial charge >= 0.3 is 0 Å². The van der Waals surface area contributed by atoms with Gasteiger partial charge in [-0.1, -0.05) is 0 Å². The number of nitrogens with zero attached hydrogens (tertiary/aromatic N) is 1. The maximum Gasteiger partial charge on any atom is 0.161 e. The lowest BCUT2D eigenvalue weighted by Gasteiger charge is -2.35. The summed E-state index contributed by atoms with van der Waals surface area (Å²) >= 11 is 0. The van der Waals surface area contributed by atoms with Crippen molar-refractivity contribution >= 4 is 0 Å². The van der Waals surface area contributed by atoms with Gasteiger partial charge in [0, 0.05) is 30.3 Å². The highest BCUT2D eigenvalue weighted by Crippen LogP contribution is 2.27. The van der Waals surface area contributed by atoms with Crippen molar-refractivity contribution in [1.29, 1.82) is 0 Å². The lowest BCUT2D eigenvalue weighted by Crippen LogP contribution is -2.45. The molecule has 1 N–H and O–H groups in total. The summed E-state index contributed by atoms with van der Waals surface area (Å²) in [5.41, 5.74) is 0.192. The first-order valence-corrected chi connectivity index (χ1v) is 7.24. The summed E-state index contributed by atoms with van der Waals surface area (Å²) in [4.78, 5) is 2.51. The predicted octanol–water partition coefficient (Wildman–Crippen LogP) is 2.82. The molecular formula is C15H19F3N2. The first-order valence-electron chi connectivity index (χ1n) is 7.24. The lowest BCUT2D eigenvalue weighted by molar-refractivity contribution is 0.166. The van der Waals surface area contributed by atoms with Crippen molar-refractivity contribution < 1.29 is 13.2 Å². The van der Waals surface area contributed by atoms with E-state index in [1.165, 1.54) is 19.4 Å². The standard InChI is InChI=1S/C15H19F3N2/c16-13-8-15(18)14(17)6-10(13)9-19-11-3-5-20-4-1-2-12(20)7-11/h6,8,11-12,19H,1-5,7,9H2. The Morgan fingerprint density at radius 3 is 2.70 bits per heavy atom. The van der Waals surface area contributed by atoms with Crippen LogP contribution < -0.4 is 5.32 Å². The van der Waals surface area contributed by atoms with E-state index in [1.807, 2.05) is 0 Å². The first-order chi connectivity index (χ1) is 9.63. The van der Waals surface area contributed by atoms with E-state index in [4.69, 9.17) is 0 Å². The van der Waals surface area contributed by atoms with Gasteiger partial charge in [-0.15, -0.1) is 0 Å². The Bertz CT molecular complexity index is 492. The Morgan fingerprint density at radius 2 is 1.85 bits per heavy atom. The molecule has 0 aromatic heterocycles. The van der Waals surface area contributed by atoms with Gasteiger partial charge in [0.15, 0.2) is 11.6 Å². The molecule has 2 fully saturated rings. The van der Waals surface area contributed by atoms with Crippen LogP contribution >= 0.6 is 0 Å². The molecule has 2 atom stereocenters. The fourth-order valence-electron chi connectivity index (χ4n) is 3.36. The number of benzene rings is 1. The van der Waals surface area contributed by atoms with Crippen molar-refractivity contribution in [1.82, 2.24) is 10.2 Å². The summed E-state index contributed by atoms with van der Waals surface area (Å²) in [5, 5.41) is 3.28. The molecule has 2 nitrogen and oxygen atoms in total. The third-order valence-corrected chi connectivity index (χ3v) is 4.49. The van der Waals surface area contributed by atoms with Gasteiger partial charge in [-0.2, -0.15) is 0 Å². The third-order valence-electron chi connectivity index (χ3n) is 4.49. The highest BCUT2D eigenvalue weighted by molar-refractivity contribution is 5.20. The fraction of sp³-hybridized carbons (Fsp3) is 0.600. The molecule has 0 spiro atoms. The molecule has 0 bridgehead atoms. The van der Waals surface area contributed by atoms with Gasteiger partial charge in [-0.3, -0.25) is 0 Å². The van der Waals surface area contributed by atoms with Crippen LogP contribution in [0.3, 0.4) is 0 Å². The van der Waals surface area contributed by atoms with Crippen LogP contribution in [0.2, 0.25) is 0 Å². The summed E-state index contributed by atoms with van der Waals surface area (Å²) < 4.78 is 39.5. The number of halogens is 3. The molecule has 0 saturated carbocycles. The summed E-state index contributed by atoms with van der Waals surface area (Å²) in [7, 11) is 0. The topological polar surface area (TPSA) is 15.3 Å². The van der Waals surface area contributed by atoms with Crippen LogP contribution in [0.25, 0.3) is 0 Å². The van der Waals surface area contributed by atoms with E-state index in [9.17, 15) is 13.2 Å². The molecule has 2 saturated heterocycles. The Hall–Kier alpha value is -1.07. The molecule has 0 radical (unpaired) electrons. The van der Waals surface area contributed by atoms with Gasteiger partial charge in [-0.25, -0.2) is 13.2 Å². The van der Waals surface area contributed by atoms with E-state index < -0.39 is 17.5 Å². The van der Waals surface area contributed by atoms with E-state index in [1.54, 1.807) is 0 Å². The molecule has 2 unspecified atom stereocenters. The molecule has 2 heterocycles. The quantitative estimate of drug-likeness (QED) is 0.859. The van der Waals surface area contributed by atoms with E-state index in [-0.39, 0.29) is 12.1 Å². The Morgan fingerprint density at radius 1 is 1.05 bits per heavy atom. The monoisotopic (exact) mass is 284 g/mol. The molecule has 0 amide bonds. The van der Waals surface area contributed by atoms with Crippen LogP contribution in [0.1, 0.15) is 31.2 Å². The predicted molar refractivity (Wildman–Crippen MR) is 70.8 cm³/mol. The summed E-state index contributed by atoms with van der Waals surface area (Å²) in [5.74, 6) is -2.81. The second-order valence-electron chi connectivity index (χ2n) is 5.79. The van der Waals surface area contributed by atoms with Crippen molar-refractivity contribution in [3.8, 4) is 0 Å². The Kier molecular flexibility index (Phi) is 3.98. The molecule has 0 aliphatic carbocycles. The van der Waals surface area contributed by atoms with Gasteiger partial charge in [0.25, 0.3) is 0 Å². The minimum atomic E-state index is -1.13. The number of fused-ring (bicyclic) bond motifs is 1. The van der Waals surface area contributed by atoms with E-state index in [0.29, 0.717) is 18.2 Å². The molecule has 1 aromatic carbocycles. The second-order valence-corrected chi connectivity index (χ2v) is 5.79. The Labute approximate surface area is 117 Å². The maximum absolute atomic E-state index is 13.5.